The van der Waals surface area contributed by atoms with Crippen LogP contribution in [0.1, 0.15) is 12.8 Å². The van der Waals surface area contributed by atoms with Gasteiger partial charge < -0.3 is 15.0 Å². The van der Waals surface area contributed by atoms with Crippen LogP contribution < -0.4 is 10.1 Å². The van der Waals surface area contributed by atoms with Gasteiger partial charge in [-0.2, -0.15) is 0 Å². The molecule has 2 saturated heterocycles. The molecule has 1 aromatic carbocycles. The summed E-state index contributed by atoms with van der Waals surface area (Å²) in [4.78, 5) is 5.19. The minimum absolute atomic E-state index is 0. The lowest BCUT2D eigenvalue weighted by molar-refractivity contribution is 0.1000. The lowest BCUT2D eigenvalue weighted by Gasteiger charge is -2.37. The molecule has 0 amide bonds. The van der Waals surface area contributed by atoms with Crippen LogP contribution in [0.4, 0.5) is 0 Å². The number of nitrogens with one attached hydrogen (secondary N) is 1. The van der Waals surface area contributed by atoms with Gasteiger partial charge in [-0.3, -0.25) is 4.90 Å². The molecule has 0 aliphatic carbocycles. The van der Waals surface area contributed by atoms with Crippen molar-refractivity contribution in [3.63, 3.8) is 0 Å². The van der Waals surface area contributed by atoms with Crippen LogP contribution in [-0.4, -0.2) is 68.8 Å². The zero-order valence-corrected chi connectivity index (χ0v) is 14.8. The summed E-state index contributed by atoms with van der Waals surface area (Å²) < 4.78 is 5.79. The van der Waals surface area contributed by atoms with Crippen LogP contribution in [0, 0.1) is 5.92 Å². The Morgan fingerprint density at radius 1 is 0.957 bits per heavy atom. The van der Waals surface area contributed by atoms with E-state index >= 15 is 0 Å². The van der Waals surface area contributed by atoms with Gasteiger partial charge in [0.05, 0.1) is 0 Å². The second-order valence-corrected chi connectivity index (χ2v) is 6.50. The van der Waals surface area contributed by atoms with Gasteiger partial charge in [0.25, 0.3) is 0 Å². The summed E-state index contributed by atoms with van der Waals surface area (Å²) in [5.41, 5.74) is 0. The third-order valence-electron chi connectivity index (χ3n) is 4.86. The van der Waals surface area contributed by atoms with Crippen molar-refractivity contribution >= 4 is 12.4 Å². The van der Waals surface area contributed by atoms with Gasteiger partial charge in [0.1, 0.15) is 12.4 Å². The lowest BCUT2D eigenvalue weighted by atomic mass is 9.97. The molecule has 2 aliphatic heterocycles. The molecule has 0 aromatic heterocycles. The number of benzene rings is 1. The fourth-order valence-corrected chi connectivity index (χ4v) is 3.43. The van der Waals surface area contributed by atoms with Gasteiger partial charge in [0.15, 0.2) is 0 Å². The van der Waals surface area contributed by atoms with Crippen LogP contribution >= 0.6 is 12.4 Å². The number of piperazine rings is 1. The molecule has 0 atom stereocenters. The highest BCUT2D eigenvalue weighted by atomic mass is 35.5. The van der Waals surface area contributed by atoms with Crippen LogP contribution in [0.15, 0.2) is 30.3 Å². The van der Waals surface area contributed by atoms with E-state index in [1.807, 2.05) is 30.3 Å². The summed E-state index contributed by atoms with van der Waals surface area (Å²) >= 11 is 0. The molecule has 23 heavy (non-hydrogen) atoms. The second kappa shape index (κ2) is 10.1. The lowest BCUT2D eigenvalue weighted by Crippen LogP contribution is -2.49. The topological polar surface area (TPSA) is 27.7 Å². The van der Waals surface area contributed by atoms with Crippen LogP contribution in [0.5, 0.6) is 5.75 Å². The van der Waals surface area contributed by atoms with Crippen molar-refractivity contribution in [2.75, 3.05) is 59.0 Å². The van der Waals surface area contributed by atoms with E-state index in [1.54, 1.807) is 0 Å². The van der Waals surface area contributed by atoms with Crippen LogP contribution in [0.25, 0.3) is 0 Å². The Balaban J connectivity index is 0.00000192. The average molecular weight is 340 g/mol. The molecule has 5 heteroatoms. The molecule has 0 saturated carbocycles. The van der Waals surface area contributed by atoms with Crippen molar-refractivity contribution < 1.29 is 4.74 Å². The van der Waals surface area contributed by atoms with Crippen molar-refractivity contribution in [1.82, 2.24) is 15.1 Å². The minimum atomic E-state index is 0. The summed E-state index contributed by atoms with van der Waals surface area (Å²) in [6, 6.07) is 10.1. The highest BCUT2D eigenvalue weighted by Crippen LogP contribution is 2.15. The number of nitrogens with zero attached hydrogens (tertiary/aromatic N) is 2. The highest BCUT2D eigenvalue weighted by molar-refractivity contribution is 5.85. The summed E-state index contributed by atoms with van der Waals surface area (Å²) in [6.45, 7) is 10.4. The predicted molar refractivity (Wildman–Crippen MR) is 97.7 cm³/mol. The summed E-state index contributed by atoms with van der Waals surface area (Å²) in [5.74, 6) is 1.89. The first-order chi connectivity index (χ1) is 10.9. The Labute approximate surface area is 146 Å². The number of rotatable bonds is 6. The zero-order valence-electron chi connectivity index (χ0n) is 14.0. The first-order valence-electron chi connectivity index (χ1n) is 8.73. The molecule has 130 valence electrons. The molecule has 0 unspecified atom stereocenters. The van der Waals surface area contributed by atoms with E-state index in [0.717, 1.165) is 24.8 Å². The van der Waals surface area contributed by atoms with E-state index in [1.165, 1.54) is 58.7 Å². The third kappa shape index (κ3) is 6.30. The quantitative estimate of drug-likeness (QED) is 0.859. The molecule has 2 heterocycles. The van der Waals surface area contributed by atoms with Crippen LogP contribution in [0.2, 0.25) is 0 Å². The Kier molecular flexibility index (Phi) is 8.17. The van der Waals surface area contributed by atoms with Gasteiger partial charge in [-0.1, -0.05) is 18.2 Å². The maximum absolute atomic E-state index is 5.79. The molecule has 4 nitrogen and oxygen atoms in total. The average Bonchev–Trinajstić information content (AvgIpc) is 2.58. The van der Waals surface area contributed by atoms with Gasteiger partial charge in [-0.05, 0) is 44.0 Å². The maximum Gasteiger partial charge on any atom is 0.119 e. The molecule has 0 radical (unpaired) electrons. The summed E-state index contributed by atoms with van der Waals surface area (Å²) in [5, 5.41) is 3.46. The van der Waals surface area contributed by atoms with Gasteiger partial charge in [-0.15, -0.1) is 12.4 Å². The number of ether oxygens (including phenoxy) is 1. The maximum atomic E-state index is 5.79. The molecule has 2 aliphatic rings. The van der Waals surface area contributed by atoms with Gasteiger partial charge in [-0.25, -0.2) is 0 Å². The first kappa shape index (κ1) is 18.5. The molecule has 0 spiro atoms. The summed E-state index contributed by atoms with van der Waals surface area (Å²) in [7, 11) is 0. The molecule has 1 N–H and O–H groups in total. The van der Waals surface area contributed by atoms with Gasteiger partial charge in [0.2, 0.25) is 0 Å². The Hall–Kier alpha value is -0.810. The summed E-state index contributed by atoms with van der Waals surface area (Å²) in [6.07, 6.45) is 2.70. The molecular formula is C18H30ClN3O. The smallest absolute Gasteiger partial charge is 0.119 e. The van der Waals surface area contributed by atoms with E-state index in [2.05, 4.69) is 15.1 Å². The third-order valence-corrected chi connectivity index (χ3v) is 4.86. The van der Waals surface area contributed by atoms with Crippen molar-refractivity contribution in [3.05, 3.63) is 30.3 Å². The molecular weight excluding hydrogens is 310 g/mol. The molecule has 1 aromatic rings. The molecule has 3 rings (SSSR count). The molecule has 0 bridgehead atoms. The second-order valence-electron chi connectivity index (χ2n) is 6.50. The van der Waals surface area contributed by atoms with Crippen LogP contribution in [0.3, 0.4) is 0 Å². The first-order valence-corrected chi connectivity index (χ1v) is 8.73. The van der Waals surface area contributed by atoms with Crippen molar-refractivity contribution in [1.29, 1.82) is 0 Å². The fraction of sp³-hybridized carbons (Fsp3) is 0.667. The highest BCUT2D eigenvalue weighted by Gasteiger charge is 2.21. The number of para-hydroxylation sites is 1. The Morgan fingerprint density at radius 2 is 1.61 bits per heavy atom. The standard InChI is InChI=1S/C18H29N3O.ClH/c1-2-4-18(5-3-1)22-15-14-20-10-12-21(13-11-20)16-17-6-8-19-9-7-17;/h1-5,17,19H,6-16H2;1H. The van der Waals surface area contributed by atoms with E-state index in [4.69, 9.17) is 4.74 Å². The predicted octanol–water partition coefficient (Wildman–Crippen LogP) is 2.10. The number of piperidine rings is 1. The largest absolute Gasteiger partial charge is 0.492 e. The van der Waals surface area contributed by atoms with E-state index in [-0.39, 0.29) is 12.4 Å². The molecule has 2 fully saturated rings. The van der Waals surface area contributed by atoms with E-state index in [0.29, 0.717) is 0 Å². The number of halogens is 1. The van der Waals surface area contributed by atoms with Gasteiger partial charge in [0, 0.05) is 39.3 Å². The normalized spacial score (nSPS) is 20.9. The minimum Gasteiger partial charge on any atom is -0.492 e. The number of hydrogen-bond donors (Lipinski definition) is 1. The monoisotopic (exact) mass is 339 g/mol. The van der Waals surface area contributed by atoms with E-state index < -0.39 is 0 Å². The van der Waals surface area contributed by atoms with Crippen molar-refractivity contribution in [3.8, 4) is 5.75 Å². The van der Waals surface area contributed by atoms with Crippen molar-refractivity contribution in [2.24, 2.45) is 5.92 Å². The van der Waals surface area contributed by atoms with Gasteiger partial charge >= 0.3 is 0 Å². The van der Waals surface area contributed by atoms with Crippen LogP contribution in [-0.2, 0) is 0 Å². The Bertz CT molecular complexity index is 418. The Morgan fingerprint density at radius 3 is 2.30 bits per heavy atom. The zero-order chi connectivity index (χ0) is 15.0. The SMILES string of the molecule is Cl.c1ccc(OCCN2CCN(CC3CCNCC3)CC2)cc1. The van der Waals surface area contributed by atoms with Crippen molar-refractivity contribution in [2.45, 2.75) is 12.8 Å². The fourth-order valence-electron chi connectivity index (χ4n) is 3.43. The van der Waals surface area contributed by atoms with E-state index in [9.17, 15) is 0 Å². The number of hydrogen-bond acceptors (Lipinski definition) is 4.